The van der Waals surface area contributed by atoms with E-state index in [4.69, 9.17) is 9.47 Å². The Balaban J connectivity index is 1.59. The summed E-state index contributed by atoms with van der Waals surface area (Å²) in [5.41, 5.74) is 0.911. The van der Waals surface area contributed by atoms with E-state index >= 15 is 0 Å². The van der Waals surface area contributed by atoms with E-state index in [0.29, 0.717) is 39.4 Å². The first kappa shape index (κ1) is 17.5. The number of rotatable bonds is 4. The molecule has 0 saturated carbocycles. The van der Waals surface area contributed by atoms with Crippen LogP contribution in [0, 0.1) is 0 Å². The highest BCUT2D eigenvalue weighted by molar-refractivity contribution is 5.87. The highest BCUT2D eigenvalue weighted by Crippen LogP contribution is 2.21. The van der Waals surface area contributed by atoms with Crippen LogP contribution in [0.2, 0.25) is 0 Å². The van der Waals surface area contributed by atoms with Crippen molar-refractivity contribution in [1.29, 1.82) is 0 Å². The summed E-state index contributed by atoms with van der Waals surface area (Å²) in [6.45, 7) is 3.32. The molecule has 1 aromatic rings. The molecule has 1 aromatic carbocycles. The van der Waals surface area contributed by atoms with Gasteiger partial charge in [-0.15, -0.1) is 0 Å². The van der Waals surface area contributed by atoms with Crippen molar-refractivity contribution in [3.05, 3.63) is 29.8 Å². The molecule has 3 amide bonds. The van der Waals surface area contributed by atoms with Gasteiger partial charge in [0.1, 0.15) is 11.8 Å². The van der Waals surface area contributed by atoms with E-state index in [2.05, 4.69) is 5.32 Å². The number of methoxy groups -OCH3 is 1. The Kier molecular flexibility index (Phi) is 5.75. The molecule has 0 radical (unpaired) electrons. The maximum atomic E-state index is 12.7. The SMILES string of the molecule is COc1ccccc1CNC(=O)N1CCC[C@H]1C(=O)N1CCOCC1. The average molecular weight is 347 g/mol. The highest BCUT2D eigenvalue weighted by atomic mass is 16.5. The fraction of sp³-hybridized carbons (Fsp3) is 0.556. The van der Waals surface area contributed by atoms with E-state index in [9.17, 15) is 9.59 Å². The molecule has 7 heteroatoms. The first-order valence-corrected chi connectivity index (χ1v) is 8.73. The summed E-state index contributed by atoms with van der Waals surface area (Å²) < 4.78 is 10.6. The monoisotopic (exact) mass is 347 g/mol. The largest absolute Gasteiger partial charge is 0.496 e. The minimum atomic E-state index is -0.365. The van der Waals surface area contributed by atoms with Crippen LogP contribution >= 0.6 is 0 Å². The van der Waals surface area contributed by atoms with Gasteiger partial charge in [-0.25, -0.2) is 4.79 Å². The Morgan fingerprint density at radius 1 is 1.24 bits per heavy atom. The van der Waals surface area contributed by atoms with Crippen molar-refractivity contribution in [3.63, 3.8) is 0 Å². The Labute approximate surface area is 147 Å². The molecule has 1 atom stereocenters. The molecule has 0 unspecified atom stereocenters. The van der Waals surface area contributed by atoms with Gasteiger partial charge >= 0.3 is 6.03 Å². The zero-order chi connectivity index (χ0) is 17.6. The molecule has 7 nitrogen and oxygen atoms in total. The van der Waals surface area contributed by atoms with Crippen molar-refractivity contribution < 1.29 is 19.1 Å². The van der Waals surface area contributed by atoms with Gasteiger partial charge in [0.05, 0.1) is 20.3 Å². The Bertz CT molecular complexity index is 616. The molecule has 136 valence electrons. The van der Waals surface area contributed by atoms with Gasteiger partial charge in [-0.05, 0) is 18.9 Å². The molecule has 0 spiro atoms. The molecule has 0 aliphatic carbocycles. The van der Waals surface area contributed by atoms with E-state index < -0.39 is 0 Å². The number of ether oxygens (including phenoxy) is 2. The number of nitrogens with one attached hydrogen (secondary N) is 1. The molecule has 2 fully saturated rings. The number of nitrogens with zero attached hydrogens (tertiary/aromatic N) is 2. The van der Waals surface area contributed by atoms with Crippen molar-refractivity contribution in [2.45, 2.75) is 25.4 Å². The second-order valence-electron chi connectivity index (χ2n) is 6.26. The summed E-state index contributed by atoms with van der Waals surface area (Å²) in [5.74, 6) is 0.776. The predicted octanol–water partition coefficient (Wildman–Crippen LogP) is 1.23. The van der Waals surface area contributed by atoms with Crippen LogP contribution in [0.5, 0.6) is 5.75 Å². The number of carbonyl (C=O) groups excluding carboxylic acids is 2. The number of para-hydroxylation sites is 1. The van der Waals surface area contributed by atoms with E-state index in [1.807, 2.05) is 24.3 Å². The summed E-state index contributed by atoms with van der Waals surface area (Å²) in [5, 5.41) is 2.91. The smallest absolute Gasteiger partial charge is 0.318 e. The second kappa shape index (κ2) is 8.20. The molecule has 2 saturated heterocycles. The Morgan fingerprint density at radius 3 is 2.76 bits per heavy atom. The second-order valence-corrected chi connectivity index (χ2v) is 6.26. The number of amides is 3. The van der Waals surface area contributed by atoms with Crippen LogP contribution in [0.15, 0.2) is 24.3 Å². The van der Waals surface area contributed by atoms with E-state index in [1.54, 1.807) is 16.9 Å². The lowest BCUT2D eigenvalue weighted by Gasteiger charge is -2.32. The van der Waals surface area contributed by atoms with Gasteiger partial charge < -0.3 is 24.6 Å². The van der Waals surface area contributed by atoms with Crippen molar-refractivity contribution in [1.82, 2.24) is 15.1 Å². The summed E-state index contributed by atoms with van der Waals surface area (Å²) in [6.07, 6.45) is 1.57. The fourth-order valence-electron chi connectivity index (χ4n) is 3.38. The normalized spacial score (nSPS) is 20.4. The first-order chi connectivity index (χ1) is 12.2. The molecule has 0 bridgehead atoms. The zero-order valence-corrected chi connectivity index (χ0v) is 14.6. The van der Waals surface area contributed by atoms with Crippen molar-refractivity contribution in [2.75, 3.05) is 40.0 Å². The average Bonchev–Trinajstić information content (AvgIpc) is 3.16. The third kappa shape index (κ3) is 4.04. The van der Waals surface area contributed by atoms with Gasteiger partial charge in [0.25, 0.3) is 0 Å². The fourth-order valence-corrected chi connectivity index (χ4v) is 3.38. The van der Waals surface area contributed by atoms with Crippen LogP contribution in [0.1, 0.15) is 18.4 Å². The van der Waals surface area contributed by atoms with Gasteiger partial charge in [-0.2, -0.15) is 0 Å². The first-order valence-electron chi connectivity index (χ1n) is 8.73. The third-order valence-electron chi connectivity index (χ3n) is 4.74. The standard InChI is InChI=1S/C18H25N3O4/c1-24-16-7-3-2-5-14(16)13-19-18(23)21-8-4-6-15(21)17(22)20-9-11-25-12-10-20/h2-3,5,7,15H,4,6,8-13H2,1H3,(H,19,23)/t15-/m0/s1. The number of morpholine rings is 1. The number of likely N-dealkylation sites (tertiary alicyclic amines) is 1. The minimum Gasteiger partial charge on any atom is -0.496 e. The number of urea groups is 1. The van der Waals surface area contributed by atoms with Crippen LogP contribution < -0.4 is 10.1 Å². The van der Waals surface area contributed by atoms with Gasteiger partial charge in [0.2, 0.25) is 5.91 Å². The van der Waals surface area contributed by atoms with Gasteiger partial charge in [-0.1, -0.05) is 18.2 Å². The predicted molar refractivity (Wildman–Crippen MR) is 92.4 cm³/mol. The molecular formula is C18H25N3O4. The number of hydrogen-bond donors (Lipinski definition) is 1. The lowest BCUT2D eigenvalue weighted by Crippen LogP contribution is -2.52. The number of benzene rings is 1. The zero-order valence-electron chi connectivity index (χ0n) is 14.6. The Hall–Kier alpha value is -2.28. The van der Waals surface area contributed by atoms with Crippen molar-refractivity contribution in [2.24, 2.45) is 0 Å². The summed E-state index contributed by atoms with van der Waals surface area (Å²) >= 11 is 0. The lowest BCUT2D eigenvalue weighted by atomic mass is 10.2. The van der Waals surface area contributed by atoms with E-state index in [1.165, 1.54) is 0 Å². The molecule has 0 aromatic heterocycles. The molecule has 1 N–H and O–H groups in total. The van der Waals surface area contributed by atoms with E-state index in [-0.39, 0.29) is 18.0 Å². The van der Waals surface area contributed by atoms with Crippen molar-refractivity contribution >= 4 is 11.9 Å². The van der Waals surface area contributed by atoms with Crippen LogP contribution in [0.4, 0.5) is 4.79 Å². The molecule has 2 aliphatic heterocycles. The molecule has 3 rings (SSSR count). The summed E-state index contributed by atoms with van der Waals surface area (Å²) in [6, 6.07) is 7.01. The van der Waals surface area contributed by atoms with Crippen LogP contribution in [-0.4, -0.2) is 67.7 Å². The van der Waals surface area contributed by atoms with Crippen LogP contribution in [-0.2, 0) is 16.1 Å². The number of carbonyl (C=O) groups is 2. The molecular weight excluding hydrogens is 322 g/mol. The maximum Gasteiger partial charge on any atom is 0.318 e. The molecule has 2 aliphatic rings. The minimum absolute atomic E-state index is 0.0354. The quantitative estimate of drug-likeness (QED) is 0.889. The Morgan fingerprint density at radius 2 is 2.00 bits per heavy atom. The van der Waals surface area contributed by atoms with Gasteiger partial charge in [0.15, 0.2) is 0 Å². The topological polar surface area (TPSA) is 71.1 Å². The summed E-state index contributed by atoms with van der Waals surface area (Å²) in [4.78, 5) is 28.8. The van der Waals surface area contributed by atoms with Crippen LogP contribution in [0.25, 0.3) is 0 Å². The third-order valence-corrected chi connectivity index (χ3v) is 4.74. The van der Waals surface area contributed by atoms with Gasteiger partial charge in [0, 0.05) is 31.7 Å². The van der Waals surface area contributed by atoms with Crippen LogP contribution in [0.3, 0.4) is 0 Å². The maximum absolute atomic E-state index is 12.7. The lowest BCUT2D eigenvalue weighted by molar-refractivity contribution is -0.139. The molecule has 25 heavy (non-hydrogen) atoms. The van der Waals surface area contributed by atoms with Crippen molar-refractivity contribution in [3.8, 4) is 5.75 Å². The molecule has 2 heterocycles. The summed E-state index contributed by atoms with van der Waals surface area (Å²) in [7, 11) is 1.61. The number of hydrogen-bond acceptors (Lipinski definition) is 4. The highest BCUT2D eigenvalue weighted by Gasteiger charge is 2.36. The van der Waals surface area contributed by atoms with Gasteiger partial charge in [-0.3, -0.25) is 4.79 Å². The van der Waals surface area contributed by atoms with E-state index in [0.717, 1.165) is 24.2 Å².